The normalized spacial score (nSPS) is 10.9. The summed E-state index contributed by atoms with van der Waals surface area (Å²) >= 11 is 0. The lowest BCUT2D eigenvalue weighted by Crippen LogP contribution is -2.39. The Labute approximate surface area is 242 Å². The van der Waals surface area contributed by atoms with E-state index in [-0.39, 0.29) is 33.6 Å². The van der Waals surface area contributed by atoms with Crippen LogP contribution in [0.4, 0.5) is 10.8 Å². The van der Waals surface area contributed by atoms with Gasteiger partial charge in [-0.05, 0) is 62.2 Å². The van der Waals surface area contributed by atoms with Gasteiger partial charge in [-0.15, -0.1) is 0 Å². The van der Waals surface area contributed by atoms with Gasteiger partial charge in [-0.2, -0.15) is 4.98 Å². The molecule has 0 aliphatic heterocycles. The van der Waals surface area contributed by atoms with E-state index in [1.807, 2.05) is 36.8 Å². The molecule has 1 aromatic heterocycles. The number of methoxy groups -OCH3 is 1. The SMILES string of the molecule is COc1ccc(-c2noc(NNC(=O)NCCCOc3ccc(C)cc3C)n2)cc1S(=O)(=O)NC(=O)c1ccccc1. The van der Waals surface area contributed by atoms with Gasteiger partial charge in [-0.3, -0.25) is 4.79 Å². The van der Waals surface area contributed by atoms with Crippen molar-refractivity contribution in [3.8, 4) is 22.9 Å². The maximum Gasteiger partial charge on any atom is 0.340 e. The molecule has 4 N–H and O–H groups in total. The fraction of sp³-hybridized carbons (Fsp3) is 0.214. The maximum absolute atomic E-state index is 13.0. The second-order valence-corrected chi connectivity index (χ2v) is 10.7. The number of hydrogen-bond donors (Lipinski definition) is 4. The molecule has 0 bridgehead atoms. The van der Waals surface area contributed by atoms with E-state index in [1.165, 1.54) is 37.4 Å². The number of carbonyl (C=O) groups is 2. The number of sulfonamides is 1. The van der Waals surface area contributed by atoms with Crippen molar-refractivity contribution < 1.29 is 32.0 Å². The van der Waals surface area contributed by atoms with Crippen LogP contribution >= 0.6 is 0 Å². The Morgan fingerprint density at radius 3 is 2.48 bits per heavy atom. The smallest absolute Gasteiger partial charge is 0.340 e. The topological polar surface area (TPSA) is 174 Å². The number of urea groups is 1. The molecule has 0 unspecified atom stereocenters. The number of amides is 3. The molecule has 0 aliphatic carbocycles. The zero-order valence-electron chi connectivity index (χ0n) is 23.1. The second-order valence-electron chi connectivity index (χ2n) is 9.07. The number of aryl methyl sites for hydroxylation is 2. The fourth-order valence-electron chi connectivity index (χ4n) is 3.81. The molecule has 4 aromatic rings. The molecule has 13 nitrogen and oxygen atoms in total. The van der Waals surface area contributed by atoms with Gasteiger partial charge in [0.15, 0.2) is 0 Å². The summed E-state index contributed by atoms with van der Waals surface area (Å²) in [6.45, 7) is 4.78. The van der Waals surface area contributed by atoms with Gasteiger partial charge in [-0.1, -0.05) is 41.1 Å². The first-order valence-corrected chi connectivity index (χ1v) is 14.3. The molecule has 0 atom stereocenters. The number of rotatable bonds is 12. The van der Waals surface area contributed by atoms with E-state index >= 15 is 0 Å². The van der Waals surface area contributed by atoms with Crippen LogP contribution in [-0.4, -0.2) is 50.8 Å². The molecular weight excluding hydrogens is 564 g/mol. The summed E-state index contributed by atoms with van der Waals surface area (Å²) < 4.78 is 44.1. The Morgan fingerprint density at radius 1 is 0.976 bits per heavy atom. The Kier molecular flexibility index (Phi) is 9.60. The highest BCUT2D eigenvalue weighted by Crippen LogP contribution is 2.29. The monoisotopic (exact) mass is 594 g/mol. The molecule has 0 fully saturated rings. The van der Waals surface area contributed by atoms with Crippen LogP contribution < -0.4 is 30.4 Å². The van der Waals surface area contributed by atoms with Crippen molar-refractivity contribution in [1.82, 2.24) is 25.6 Å². The van der Waals surface area contributed by atoms with Crippen molar-refractivity contribution in [1.29, 1.82) is 0 Å². The molecule has 0 radical (unpaired) electrons. The van der Waals surface area contributed by atoms with Crippen LogP contribution in [0, 0.1) is 13.8 Å². The van der Waals surface area contributed by atoms with Gasteiger partial charge in [0.2, 0.25) is 5.82 Å². The Morgan fingerprint density at radius 2 is 1.74 bits per heavy atom. The lowest BCUT2D eigenvalue weighted by molar-refractivity contribution is 0.0981. The number of benzene rings is 3. The van der Waals surface area contributed by atoms with E-state index in [4.69, 9.17) is 14.0 Å². The lowest BCUT2D eigenvalue weighted by Gasteiger charge is -2.11. The molecule has 0 saturated heterocycles. The summed E-state index contributed by atoms with van der Waals surface area (Å²) in [5.41, 5.74) is 7.51. The lowest BCUT2D eigenvalue weighted by atomic mass is 10.1. The van der Waals surface area contributed by atoms with E-state index in [1.54, 1.807) is 18.2 Å². The molecule has 3 aromatic carbocycles. The van der Waals surface area contributed by atoms with Crippen molar-refractivity contribution in [3.05, 3.63) is 83.4 Å². The second kappa shape index (κ2) is 13.5. The number of anilines is 1. The van der Waals surface area contributed by atoms with Gasteiger partial charge in [0.25, 0.3) is 15.9 Å². The molecule has 42 heavy (non-hydrogen) atoms. The highest BCUT2D eigenvalue weighted by atomic mass is 32.2. The van der Waals surface area contributed by atoms with Gasteiger partial charge in [0, 0.05) is 17.7 Å². The highest BCUT2D eigenvalue weighted by Gasteiger charge is 2.24. The molecule has 220 valence electrons. The minimum absolute atomic E-state index is 0.00620. The zero-order chi connectivity index (χ0) is 30.1. The van der Waals surface area contributed by atoms with Crippen LogP contribution in [0.2, 0.25) is 0 Å². The van der Waals surface area contributed by atoms with Crippen molar-refractivity contribution in [2.75, 3.05) is 25.7 Å². The molecule has 0 saturated carbocycles. The van der Waals surface area contributed by atoms with Crippen LogP contribution in [0.5, 0.6) is 11.5 Å². The van der Waals surface area contributed by atoms with E-state index < -0.39 is 22.0 Å². The third kappa shape index (κ3) is 7.75. The van der Waals surface area contributed by atoms with Gasteiger partial charge < -0.3 is 19.3 Å². The molecule has 0 spiro atoms. The number of aromatic nitrogens is 2. The Bertz CT molecular complexity index is 1660. The quantitative estimate of drug-likeness (QED) is 0.140. The Balaban J connectivity index is 1.31. The van der Waals surface area contributed by atoms with Gasteiger partial charge in [0.1, 0.15) is 16.4 Å². The summed E-state index contributed by atoms with van der Waals surface area (Å²) in [6.07, 6.45) is 0.583. The largest absolute Gasteiger partial charge is 0.495 e. The molecule has 3 amide bonds. The van der Waals surface area contributed by atoms with Gasteiger partial charge in [-0.25, -0.2) is 28.8 Å². The van der Waals surface area contributed by atoms with Crippen LogP contribution in [0.1, 0.15) is 27.9 Å². The first-order chi connectivity index (χ1) is 20.2. The van der Waals surface area contributed by atoms with Crippen molar-refractivity contribution >= 4 is 28.0 Å². The van der Waals surface area contributed by atoms with E-state index in [0.717, 1.165) is 16.9 Å². The molecular formula is C28H30N6O7S. The van der Waals surface area contributed by atoms with Gasteiger partial charge in [0.05, 0.1) is 13.7 Å². The van der Waals surface area contributed by atoms with Crippen molar-refractivity contribution in [2.45, 2.75) is 25.2 Å². The van der Waals surface area contributed by atoms with E-state index in [0.29, 0.717) is 19.6 Å². The first-order valence-electron chi connectivity index (χ1n) is 12.8. The minimum Gasteiger partial charge on any atom is -0.495 e. The maximum atomic E-state index is 13.0. The number of hydrogen-bond acceptors (Lipinski definition) is 10. The van der Waals surface area contributed by atoms with Crippen LogP contribution in [0.15, 0.2) is 76.1 Å². The zero-order valence-corrected chi connectivity index (χ0v) is 23.9. The van der Waals surface area contributed by atoms with E-state index in [2.05, 4.69) is 26.3 Å². The number of nitrogens with zero attached hydrogens (tertiary/aromatic N) is 2. The van der Waals surface area contributed by atoms with Gasteiger partial charge >= 0.3 is 12.0 Å². The predicted octanol–water partition coefficient (Wildman–Crippen LogP) is 3.58. The summed E-state index contributed by atoms with van der Waals surface area (Å²) in [4.78, 5) is 28.4. The Hall–Kier alpha value is -5.11. The fourth-order valence-corrected chi connectivity index (χ4v) is 4.98. The summed E-state index contributed by atoms with van der Waals surface area (Å²) in [5, 5.41) is 6.49. The average molecular weight is 595 g/mol. The minimum atomic E-state index is -4.33. The number of ether oxygens (including phenoxy) is 2. The first kappa shape index (κ1) is 29.9. The van der Waals surface area contributed by atoms with Crippen molar-refractivity contribution in [2.24, 2.45) is 0 Å². The van der Waals surface area contributed by atoms with Crippen LogP contribution in [0.25, 0.3) is 11.4 Å². The standard InChI is InChI=1S/C28H30N6O7S/c1-18-10-12-22(19(2)16-18)40-15-7-14-29-27(36)31-32-28-30-25(33-41-28)21-11-13-23(39-3)24(17-21)42(37,38)34-26(35)20-8-5-4-6-9-20/h4-6,8-13,16-17H,7,14-15H2,1-3H3,(H,34,35)(H2,29,31,36)(H,30,32,33). The third-order valence-corrected chi connectivity index (χ3v) is 7.23. The number of hydrazine groups is 1. The van der Waals surface area contributed by atoms with Crippen molar-refractivity contribution in [3.63, 3.8) is 0 Å². The summed E-state index contributed by atoms with van der Waals surface area (Å²) in [5.74, 6) is 0.0354. The average Bonchev–Trinajstić information content (AvgIpc) is 3.46. The number of nitrogens with one attached hydrogen (secondary N) is 4. The predicted molar refractivity (Wildman–Crippen MR) is 154 cm³/mol. The summed E-state index contributed by atoms with van der Waals surface area (Å²) in [7, 11) is -3.03. The van der Waals surface area contributed by atoms with Crippen LogP contribution in [-0.2, 0) is 10.0 Å². The highest BCUT2D eigenvalue weighted by molar-refractivity contribution is 7.90. The third-order valence-electron chi connectivity index (χ3n) is 5.88. The van der Waals surface area contributed by atoms with E-state index in [9.17, 15) is 18.0 Å². The number of carbonyl (C=O) groups excluding carboxylic acids is 2. The summed E-state index contributed by atoms with van der Waals surface area (Å²) in [6, 6.07) is 17.3. The molecule has 0 aliphatic rings. The van der Waals surface area contributed by atoms with Crippen LogP contribution in [0.3, 0.4) is 0 Å². The molecule has 1 heterocycles. The molecule has 4 rings (SSSR count). The molecule has 14 heteroatoms.